The molecule has 0 unspecified atom stereocenters. The van der Waals surface area contributed by atoms with Crippen LogP contribution in [-0.2, 0) is 16.4 Å². The predicted molar refractivity (Wildman–Crippen MR) is 123 cm³/mol. The van der Waals surface area contributed by atoms with Crippen molar-refractivity contribution in [2.75, 3.05) is 34.5 Å². The van der Waals surface area contributed by atoms with Crippen molar-refractivity contribution in [3.63, 3.8) is 0 Å². The van der Waals surface area contributed by atoms with Gasteiger partial charge in [-0.1, -0.05) is 12.1 Å². The molecule has 2 aliphatic rings. The number of amides is 2. The van der Waals surface area contributed by atoms with Gasteiger partial charge in [0.05, 0.1) is 18.0 Å². The molecule has 0 saturated heterocycles. The molecule has 3 heterocycles. The lowest BCUT2D eigenvalue weighted by molar-refractivity contribution is 0.251. The Balaban J connectivity index is 1.44. The Morgan fingerprint density at radius 3 is 2.81 bits per heavy atom. The summed E-state index contributed by atoms with van der Waals surface area (Å²) in [6.45, 7) is 0.475. The molecular formula is C21H18BrN5O4S. The maximum atomic E-state index is 13.0. The van der Waals surface area contributed by atoms with Crippen LogP contribution in [0.5, 0.6) is 5.75 Å². The Hall–Kier alpha value is -3.18. The van der Waals surface area contributed by atoms with Crippen molar-refractivity contribution in [3.05, 3.63) is 58.7 Å². The van der Waals surface area contributed by atoms with E-state index in [-0.39, 0.29) is 29.2 Å². The number of fused-ring (bicyclic) bond motifs is 2. The highest BCUT2D eigenvalue weighted by Gasteiger charge is 2.31. The summed E-state index contributed by atoms with van der Waals surface area (Å²) in [5.41, 5.74) is 2.06. The Morgan fingerprint density at radius 1 is 1.19 bits per heavy atom. The average Bonchev–Trinajstić information content (AvgIpc) is 2.77. The number of sulfone groups is 1. The number of para-hydroxylation sites is 1. The van der Waals surface area contributed by atoms with Crippen LogP contribution in [0.1, 0.15) is 5.56 Å². The van der Waals surface area contributed by atoms with Crippen LogP contribution in [0, 0.1) is 0 Å². The summed E-state index contributed by atoms with van der Waals surface area (Å²) in [5.74, 6) is 1.03. The maximum Gasteiger partial charge on any atom is 0.330 e. The standard InChI is InChI=1S/C21H18BrN5O4S/c1-26-19-13(12-27(21(26)28)16-5-3-2-4-15(16)22)11-23-20(25-19)24-14-6-7-17-18(10-14)32(29,30)9-8-31-17/h2-7,10-11H,8-9,12H2,1H3,(H,23,24,25). The second-order valence-corrected chi connectivity index (χ2v) is 10.3. The molecule has 0 bridgehead atoms. The number of carbonyl (C=O) groups is 1. The number of nitrogens with one attached hydrogen (secondary N) is 1. The molecule has 11 heteroatoms. The number of halogens is 1. The summed E-state index contributed by atoms with van der Waals surface area (Å²) in [6, 6.07) is 12.1. The van der Waals surface area contributed by atoms with Gasteiger partial charge in [0.25, 0.3) is 0 Å². The molecule has 0 aliphatic carbocycles. The largest absolute Gasteiger partial charge is 0.491 e. The van der Waals surface area contributed by atoms with Gasteiger partial charge in [0.1, 0.15) is 23.1 Å². The van der Waals surface area contributed by atoms with Crippen molar-refractivity contribution in [2.45, 2.75) is 11.4 Å². The zero-order chi connectivity index (χ0) is 22.5. The minimum atomic E-state index is -3.39. The molecule has 3 aromatic rings. The number of urea groups is 1. The number of hydrogen-bond donors (Lipinski definition) is 1. The van der Waals surface area contributed by atoms with Crippen LogP contribution < -0.4 is 19.9 Å². The Bertz CT molecular complexity index is 1350. The summed E-state index contributed by atoms with van der Waals surface area (Å²) >= 11 is 3.50. The Kier molecular flexibility index (Phi) is 5.01. The number of nitrogens with zero attached hydrogens (tertiary/aromatic N) is 4. The third-order valence-corrected chi connectivity index (χ3v) is 7.66. The van der Waals surface area contributed by atoms with E-state index in [0.717, 1.165) is 15.7 Å². The van der Waals surface area contributed by atoms with E-state index >= 15 is 0 Å². The molecule has 32 heavy (non-hydrogen) atoms. The van der Waals surface area contributed by atoms with Gasteiger partial charge >= 0.3 is 6.03 Å². The minimum absolute atomic E-state index is 0.0558. The molecule has 164 valence electrons. The van der Waals surface area contributed by atoms with Crippen molar-refractivity contribution in [1.82, 2.24) is 9.97 Å². The first-order chi connectivity index (χ1) is 15.3. The zero-order valence-electron chi connectivity index (χ0n) is 16.9. The first kappa shape index (κ1) is 20.7. The number of carbonyl (C=O) groups excluding carboxylic acids is 1. The van der Waals surface area contributed by atoms with Crippen LogP contribution in [0.15, 0.2) is 58.0 Å². The van der Waals surface area contributed by atoms with Gasteiger partial charge in [-0.25, -0.2) is 18.2 Å². The van der Waals surface area contributed by atoms with Crippen molar-refractivity contribution in [3.8, 4) is 5.75 Å². The van der Waals surface area contributed by atoms with E-state index in [4.69, 9.17) is 4.74 Å². The molecule has 0 radical (unpaired) electrons. The molecule has 2 amide bonds. The highest BCUT2D eigenvalue weighted by atomic mass is 79.9. The second-order valence-electron chi connectivity index (χ2n) is 7.38. The minimum Gasteiger partial charge on any atom is -0.491 e. The number of hydrogen-bond acceptors (Lipinski definition) is 7. The number of rotatable bonds is 3. The lowest BCUT2D eigenvalue weighted by Crippen LogP contribution is -2.46. The number of ether oxygens (including phenoxy) is 1. The Labute approximate surface area is 193 Å². The Morgan fingerprint density at radius 2 is 2.00 bits per heavy atom. The third-order valence-electron chi connectivity index (χ3n) is 5.29. The molecule has 1 N–H and O–H groups in total. The fourth-order valence-corrected chi connectivity index (χ4v) is 5.44. The normalized spacial score (nSPS) is 16.8. The summed E-state index contributed by atoms with van der Waals surface area (Å²) < 4.78 is 30.9. The molecule has 0 saturated carbocycles. The monoisotopic (exact) mass is 515 g/mol. The van der Waals surface area contributed by atoms with Gasteiger partial charge in [0.2, 0.25) is 5.95 Å². The topological polar surface area (TPSA) is 105 Å². The lowest BCUT2D eigenvalue weighted by atomic mass is 10.2. The van der Waals surface area contributed by atoms with Gasteiger partial charge in [-0.15, -0.1) is 0 Å². The van der Waals surface area contributed by atoms with Crippen LogP contribution >= 0.6 is 15.9 Å². The molecule has 5 rings (SSSR count). The molecule has 0 atom stereocenters. The van der Waals surface area contributed by atoms with Gasteiger partial charge in [-0.05, 0) is 46.3 Å². The predicted octanol–water partition coefficient (Wildman–Crippen LogP) is 3.73. The van der Waals surface area contributed by atoms with Crippen LogP contribution in [0.25, 0.3) is 0 Å². The van der Waals surface area contributed by atoms with Crippen molar-refractivity contribution >= 4 is 54.9 Å². The van der Waals surface area contributed by atoms with Crippen LogP contribution in [-0.4, -0.2) is 43.8 Å². The molecule has 2 aliphatic heterocycles. The summed E-state index contributed by atoms with van der Waals surface area (Å²) in [6.07, 6.45) is 1.66. The SMILES string of the molecule is CN1C(=O)N(c2ccccc2Br)Cc2cnc(Nc3ccc4c(c3)S(=O)(=O)CCO4)nc21. The second kappa shape index (κ2) is 7.75. The molecule has 2 aromatic carbocycles. The molecule has 1 aromatic heterocycles. The quantitative estimate of drug-likeness (QED) is 0.566. The van der Waals surface area contributed by atoms with E-state index in [1.54, 1.807) is 30.3 Å². The van der Waals surface area contributed by atoms with E-state index < -0.39 is 9.84 Å². The highest BCUT2D eigenvalue weighted by Crippen LogP contribution is 2.35. The maximum absolute atomic E-state index is 13.0. The van der Waals surface area contributed by atoms with E-state index in [9.17, 15) is 13.2 Å². The van der Waals surface area contributed by atoms with E-state index in [2.05, 4.69) is 31.2 Å². The van der Waals surface area contributed by atoms with Gasteiger partial charge in [0.15, 0.2) is 9.84 Å². The van der Waals surface area contributed by atoms with E-state index in [0.29, 0.717) is 23.8 Å². The molecular weight excluding hydrogens is 498 g/mol. The summed E-state index contributed by atoms with van der Waals surface area (Å²) in [5, 5.41) is 3.03. The van der Waals surface area contributed by atoms with Crippen molar-refractivity contribution in [2.24, 2.45) is 0 Å². The van der Waals surface area contributed by atoms with Crippen LogP contribution in [0.2, 0.25) is 0 Å². The molecule has 9 nitrogen and oxygen atoms in total. The van der Waals surface area contributed by atoms with E-state index in [1.165, 1.54) is 11.0 Å². The summed E-state index contributed by atoms with van der Waals surface area (Å²) in [4.78, 5) is 25.1. The zero-order valence-corrected chi connectivity index (χ0v) is 19.4. The first-order valence-corrected chi connectivity index (χ1v) is 12.2. The summed E-state index contributed by atoms with van der Waals surface area (Å²) in [7, 11) is -1.73. The van der Waals surface area contributed by atoms with Gasteiger partial charge < -0.3 is 10.1 Å². The lowest BCUT2D eigenvalue weighted by Gasteiger charge is -2.34. The van der Waals surface area contributed by atoms with Crippen LogP contribution in [0.4, 0.5) is 27.9 Å². The highest BCUT2D eigenvalue weighted by molar-refractivity contribution is 9.10. The van der Waals surface area contributed by atoms with Crippen LogP contribution in [0.3, 0.4) is 0 Å². The smallest absolute Gasteiger partial charge is 0.330 e. The van der Waals surface area contributed by atoms with Crippen molar-refractivity contribution < 1.29 is 17.9 Å². The van der Waals surface area contributed by atoms with E-state index in [1.807, 2.05) is 24.3 Å². The number of benzene rings is 2. The van der Waals surface area contributed by atoms with Gasteiger partial charge in [-0.2, -0.15) is 4.98 Å². The number of anilines is 4. The van der Waals surface area contributed by atoms with Gasteiger partial charge in [-0.3, -0.25) is 9.80 Å². The molecule has 0 fully saturated rings. The third kappa shape index (κ3) is 3.56. The average molecular weight is 516 g/mol. The van der Waals surface area contributed by atoms with Crippen molar-refractivity contribution in [1.29, 1.82) is 0 Å². The fourth-order valence-electron chi connectivity index (χ4n) is 3.68. The van der Waals surface area contributed by atoms with Gasteiger partial charge in [0, 0.05) is 29.0 Å². The fraction of sp³-hybridized carbons (Fsp3) is 0.190. The number of aromatic nitrogens is 2. The molecule has 0 spiro atoms. The first-order valence-electron chi connectivity index (χ1n) is 9.76.